The number of rotatable bonds is 2. The monoisotopic (exact) mass is 269 g/mol. The smallest absolute Gasteiger partial charge is 0.329 e. The van der Waals surface area contributed by atoms with Gasteiger partial charge in [0.2, 0.25) is 0 Å². The van der Waals surface area contributed by atoms with E-state index < -0.39 is 17.6 Å². The number of alkyl halides is 3. The van der Waals surface area contributed by atoms with Crippen LogP contribution in [-0.4, -0.2) is 39.9 Å². The summed E-state index contributed by atoms with van der Waals surface area (Å²) in [5.41, 5.74) is -0.872. The highest BCUT2D eigenvalue weighted by Gasteiger charge is 2.50. The predicted molar refractivity (Wildman–Crippen MR) is 58.5 cm³/mol. The maximum absolute atomic E-state index is 12.4. The molecule has 0 N–H and O–H groups in total. The fraction of sp³-hybridized carbons (Fsp3) is 0.800. The lowest BCUT2D eigenvalue weighted by Crippen LogP contribution is -2.51. The van der Waals surface area contributed by atoms with Crippen molar-refractivity contribution in [3.8, 4) is 0 Å². The SMILES string of the molecule is CC(=O)SC[C@]1(C)CCCN1C(=O)C(F)(F)F. The Morgan fingerprint density at radius 3 is 2.47 bits per heavy atom. The minimum absolute atomic E-state index is 0.104. The second kappa shape index (κ2) is 4.88. The molecule has 0 aliphatic carbocycles. The largest absolute Gasteiger partial charge is 0.471 e. The van der Waals surface area contributed by atoms with Crippen LogP contribution in [-0.2, 0) is 9.59 Å². The first-order valence-electron chi connectivity index (χ1n) is 5.19. The number of likely N-dealkylation sites (tertiary alicyclic amines) is 1. The molecule has 0 aromatic rings. The molecule has 0 aromatic heterocycles. The molecule has 1 rings (SSSR count). The van der Waals surface area contributed by atoms with E-state index in [2.05, 4.69) is 0 Å². The average molecular weight is 269 g/mol. The van der Waals surface area contributed by atoms with Crippen molar-refractivity contribution in [2.75, 3.05) is 12.3 Å². The second-order valence-electron chi connectivity index (χ2n) is 4.34. The van der Waals surface area contributed by atoms with Crippen molar-refractivity contribution in [1.82, 2.24) is 4.90 Å². The Kier molecular flexibility index (Phi) is 4.11. The van der Waals surface area contributed by atoms with Crippen LogP contribution < -0.4 is 0 Å². The molecule has 0 unspecified atom stereocenters. The highest BCUT2D eigenvalue weighted by molar-refractivity contribution is 8.13. The van der Waals surface area contributed by atoms with Gasteiger partial charge in [0, 0.05) is 24.8 Å². The summed E-state index contributed by atoms with van der Waals surface area (Å²) in [4.78, 5) is 22.9. The topological polar surface area (TPSA) is 37.4 Å². The average Bonchev–Trinajstić information content (AvgIpc) is 2.55. The van der Waals surface area contributed by atoms with Gasteiger partial charge in [-0.3, -0.25) is 9.59 Å². The molecular formula is C10H14F3NO2S. The highest BCUT2D eigenvalue weighted by Crippen LogP contribution is 2.35. The summed E-state index contributed by atoms with van der Waals surface area (Å²) in [7, 11) is 0. The van der Waals surface area contributed by atoms with Crippen LogP contribution in [0.2, 0.25) is 0 Å². The van der Waals surface area contributed by atoms with Gasteiger partial charge in [-0.2, -0.15) is 13.2 Å². The van der Waals surface area contributed by atoms with Gasteiger partial charge in [-0.25, -0.2) is 0 Å². The van der Waals surface area contributed by atoms with Gasteiger partial charge in [-0.05, 0) is 19.8 Å². The van der Waals surface area contributed by atoms with E-state index in [1.54, 1.807) is 6.92 Å². The zero-order valence-corrected chi connectivity index (χ0v) is 10.5. The quantitative estimate of drug-likeness (QED) is 0.771. The molecule has 3 nitrogen and oxygen atoms in total. The Morgan fingerprint density at radius 2 is 2.00 bits per heavy atom. The van der Waals surface area contributed by atoms with E-state index in [0.717, 1.165) is 16.7 Å². The maximum atomic E-state index is 12.4. The molecule has 1 atom stereocenters. The van der Waals surface area contributed by atoms with Crippen LogP contribution in [0.3, 0.4) is 0 Å². The summed E-state index contributed by atoms with van der Waals surface area (Å²) in [6.07, 6.45) is -3.81. The molecule has 98 valence electrons. The Balaban J connectivity index is 2.78. The highest BCUT2D eigenvalue weighted by atomic mass is 32.2. The number of carbonyl (C=O) groups is 2. The van der Waals surface area contributed by atoms with E-state index in [1.807, 2.05) is 0 Å². The first-order valence-corrected chi connectivity index (χ1v) is 6.17. The molecule has 1 amide bonds. The third-order valence-corrected chi connectivity index (χ3v) is 4.00. The first-order chi connectivity index (χ1) is 7.67. The fourth-order valence-corrected chi connectivity index (χ4v) is 2.74. The Bertz CT molecular complexity index is 332. The lowest BCUT2D eigenvalue weighted by atomic mass is 10.0. The van der Waals surface area contributed by atoms with Gasteiger partial charge in [-0.15, -0.1) is 0 Å². The minimum atomic E-state index is -4.84. The molecule has 0 bridgehead atoms. The van der Waals surface area contributed by atoms with Crippen LogP contribution in [0, 0.1) is 0 Å². The summed E-state index contributed by atoms with van der Waals surface area (Å²) in [6.45, 7) is 3.06. The second-order valence-corrected chi connectivity index (χ2v) is 5.49. The van der Waals surface area contributed by atoms with Crippen molar-refractivity contribution in [3.63, 3.8) is 0 Å². The number of amides is 1. The van der Waals surface area contributed by atoms with Gasteiger partial charge in [0.25, 0.3) is 0 Å². The van der Waals surface area contributed by atoms with Crippen molar-refractivity contribution in [2.45, 2.75) is 38.4 Å². The molecule has 0 saturated carbocycles. The normalized spacial score (nSPS) is 25.1. The zero-order chi connectivity index (χ0) is 13.3. The Labute approximate surface area is 102 Å². The number of hydrogen-bond donors (Lipinski definition) is 0. The van der Waals surface area contributed by atoms with Crippen LogP contribution in [0.25, 0.3) is 0 Å². The van der Waals surface area contributed by atoms with E-state index >= 15 is 0 Å². The predicted octanol–water partition coefficient (Wildman–Crippen LogP) is 2.21. The van der Waals surface area contributed by atoms with E-state index in [0.29, 0.717) is 12.8 Å². The van der Waals surface area contributed by atoms with Crippen LogP contribution in [0.4, 0.5) is 13.2 Å². The molecule has 1 aliphatic rings. The molecule has 1 saturated heterocycles. The lowest BCUT2D eigenvalue weighted by molar-refractivity contribution is -0.188. The molecule has 7 heteroatoms. The first kappa shape index (κ1) is 14.3. The number of carbonyl (C=O) groups excluding carboxylic acids is 2. The number of nitrogens with zero attached hydrogens (tertiary/aromatic N) is 1. The van der Waals surface area contributed by atoms with Crippen molar-refractivity contribution in [2.24, 2.45) is 0 Å². The van der Waals surface area contributed by atoms with Gasteiger partial charge >= 0.3 is 12.1 Å². The molecule has 0 aromatic carbocycles. The van der Waals surface area contributed by atoms with Gasteiger partial charge in [0.1, 0.15) is 0 Å². The minimum Gasteiger partial charge on any atom is -0.329 e. The van der Waals surface area contributed by atoms with Gasteiger partial charge in [0.05, 0.1) is 0 Å². The van der Waals surface area contributed by atoms with Crippen molar-refractivity contribution < 1.29 is 22.8 Å². The molecule has 17 heavy (non-hydrogen) atoms. The van der Waals surface area contributed by atoms with Gasteiger partial charge in [0.15, 0.2) is 5.12 Å². The summed E-state index contributed by atoms with van der Waals surface area (Å²) in [5.74, 6) is -1.59. The van der Waals surface area contributed by atoms with E-state index in [4.69, 9.17) is 0 Å². The van der Waals surface area contributed by atoms with E-state index in [1.165, 1.54) is 6.92 Å². The van der Waals surface area contributed by atoms with Crippen molar-refractivity contribution >= 4 is 22.8 Å². The fourth-order valence-electron chi connectivity index (χ4n) is 1.93. The number of halogens is 3. The number of hydrogen-bond acceptors (Lipinski definition) is 3. The molecule has 1 heterocycles. The van der Waals surface area contributed by atoms with Crippen molar-refractivity contribution in [3.05, 3.63) is 0 Å². The molecular weight excluding hydrogens is 255 g/mol. The van der Waals surface area contributed by atoms with Gasteiger partial charge in [-0.1, -0.05) is 11.8 Å². The van der Waals surface area contributed by atoms with Crippen molar-refractivity contribution in [1.29, 1.82) is 0 Å². The third-order valence-electron chi connectivity index (χ3n) is 2.82. The lowest BCUT2D eigenvalue weighted by Gasteiger charge is -2.35. The standard InChI is InChI=1S/C10H14F3NO2S/c1-7(15)17-6-9(2)4-3-5-14(9)8(16)10(11,12)13/h3-6H2,1-2H3/t9-/m0/s1. The molecule has 1 fully saturated rings. The molecule has 0 spiro atoms. The van der Waals surface area contributed by atoms with Crippen LogP contribution >= 0.6 is 11.8 Å². The van der Waals surface area contributed by atoms with Gasteiger partial charge < -0.3 is 4.90 Å². The zero-order valence-electron chi connectivity index (χ0n) is 9.63. The summed E-state index contributed by atoms with van der Waals surface area (Å²) in [6, 6.07) is 0. The summed E-state index contributed by atoms with van der Waals surface area (Å²) >= 11 is 0.959. The number of thioether (sulfide) groups is 1. The maximum Gasteiger partial charge on any atom is 0.471 e. The summed E-state index contributed by atoms with van der Waals surface area (Å²) in [5, 5.41) is -0.155. The summed E-state index contributed by atoms with van der Waals surface area (Å²) < 4.78 is 37.1. The third kappa shape index (κ3) is 3.37. The molecule has 0 radical (unpaired) electrons. The molecule has 1 aliphatic heterocycles. The Hall–Kier alpha value is -0.720. The van der Waals surface area contributed by atoms with Crippen LogP contribution in [0.5, 0.6) is 0 Å². The van der Waals surface area contributed by atoms with Crippen LogP contribution in [0.1, 0.15) is 26.7 Å². The van der Waals surface area contributed by atoms with E-state index in [-0.39, 0.29) is 17.4 Å². The van der Waals surface area contributed by atoms with E-state index in [9.17, 15) is 22.8 Å². The van der Waals surface area contributed by atoms with Crippen LogP contribution in [0.15, 0.2) is 0 Å². The Morgan fingerprint density at radius 1 is 1.41 bits per heavy atom.